The molecule has 1 aliphatic carbocycles. The molecule has 1 fully saturated rings. The van der Waals surface area contributed by atoms with Crippen molar-refractivity contribution in [1.29, 1.82) is 0 Å². The summed E-state index contributed by atoms with van der Waals surface area (Å²) in [5.74, 6) is 2.07. The molecular formula is C13H21N3O2. The van der Waals surface area contributed by atoms with Crippen LogP contribution in [0, 0.1) is 6.92 Å². The third-order valence-corrected chi connectivity index (χ3v) is 3.09. The predicted octanol–water partition coefficient (Wildman–Crippen LogP) is 2.16. The van der Waals surface area contributed by atoms with Gasteiger partial charge in [0.1, 0.15) is 11.6 Å². The summed E-state index contributed by atoms with van der Waals surface area (Å²) in [6, 6.07) is 1.79. The predicted molar refractivity (Wildman–Crippen MR) is 70.0 cm³/mol. The Balaban J connectivity index is 1.73. The highest BCUT2D eigenvalue weighted by atomic mass is 16.5. The Bertz CT molecular complexity index is 378. The smallest absolute Gasteiger partial charge is 0.218 e. The van der Waals surface area contributed by atoms with Crippen molar-refractivity contribution in [2.24, 2.45) is 0 Å². The highest BCUT2D eigenvalue weighted by Gasteiger charge is 2.14. The van der Waals surface area contributed by atoms with Crippen LogP contribution >= 0.6 is 0 Å². The molecule has 0 aromatic carbocycles. The summed E-state index contributed by atoms with van der Waals surface area (Å²) in [4.78, 5) is 8.43. The first kappa shape index (κ1) is 13.1. The minimum Gasteiger partial charge on any atom is -0.481 e. The quantitative estimate of drug-likeness (QED) is 0.785. The lowest BCUT2D eigenvalue weighted by Gasteiger charge is -2.12. The van der Waals surface area contributed by atoms with E-state index < -0.39 is 0 Å². The minimum absolute atomic E-state index is 0.466. The van der Waals surface area contributed by atoms with Crippen molar-refractivity contribution in [2.75, 3.05) is 25.6 Å². The van der Waals surface area contributed by atoms with Gasteiger partial charge in [-0.1, -0.05) is 12.8 Å². The SMILES string of the molecule is COc1cc(NCCOC2CCCC2)nc(C)n1. The molecule has 0 amide bonds. The molecule has 1 N–H and O–H groups in total. The van der Waals surface area contributed by atoms with Crippen molar-refractivity contribution in [3.63, 3.8) is 0 Å². The van der Waals surface area contributed by atoms with Gasteiger partial charge in [0.2, 0.25) is 5.88 Å². The van der Waals surface area contributed by atoms with Crippen LogP contribution < -0.4 is 10.1 Å². The van der Waals surface area contributed by atoms with Crippen LogP contribution in [-0.4, -0.2) is 36.3 Å². The molecule has 0 radical (unpaired) electrons. The van der Waals surface area contributed by atoms with Gasteiger partial charge in [-0.2, -0.15) is 4.98 Å². The maximum absolute atomic E-state index is 5.77. The number of methoxy groups -OCH3 is 1. The summed E-state index contributed by atoms with van der Waals surface area (Å²) >= 11 is 0. The van der Waals surface area contributed by atoms with Crippen LogP contribution in [0.1, 0.15) is 31.5 Å². The van der Waals surface area contributed by atoms with Crippen molar-refractivity contribution in [1.82, 2.24) is 9.97 Å². The Hall–Kier alpha value is -1.36. The Labute approximate surface area is 108 Å². The van der Waals surface area contributed by atoms with Crippen LogP contribution in [0.25, 0.3) is 0 Å². The highest BCUT2D eigenvalue weighted by Crippen LogP contribution is 2.20. The number of aryl methyl sites for hydroxylation is 1. The highest BCUT2D eigenvalue weighted by molar-refractivity contribution is 5.38. The number of hydrogen-bond donors (Lipinski definition) is 1. The number of nitrogens with zero attached hydrogens (tertiary/aromatic N) is 2. The van der Waals surface area contributed by atoms with E-state index in [9.17, 15) is 0 Å². The van der Waals surface area contributed by atoms with Crippen LogP contribution in [0.2, 0.25) is 0 Å². The molecule has 5 heteroatoms. The molecule has 1 saturated carbocycles. The molecule has 18 heavy (non-hydrogen) atoms. The van der Waals surface area contributed by atoms with Crippen molar-refractivity contribution in [3.8, 4) is 5.88 Å². The van der Waals surface area contributed by atoms with E-state index in [1.807, 2.05) is 6.92 Å². The number of nitrogens with one attached hydrogen (secondary N) is 1. The van der Waals surface area contributed by atoms with E-state index in [1.54, 1.807) is 13.2 Å². The van der Waals surface area contributed by atoms with Crippen LogP contribution in [-0.2, 0) is 4.74 Å². The standard InChI is InChI=1S/C13H21N3O2/c1-10-15-12(9-13(16-10)17-2)14-7-8-18-11-5-3-4-6-11/h9,11H,3-8H2,1-2H3,(H,14,15,16). The Morgan fingerprint density at radius 2 is 2.11 bits per heavy atom. The summed E-state index contributed by atoms with van der Waals surface area (Å²) in [7, 11) is 1.61. The number of rotatable bonds is 6. The van der Waals surface area contributed by atoms with E-state index in [0.29, 0.717) is 17.8 Å². The molecule has 2 rings (SSSR count). The summed E-state index contributed by atoms with van der Waals surface area (Å²) in [6.45, 7) is 3.33. The number of ether oxygens (including phenoxy) is 2. The monoisotopic (exact) mass is 251 g/mol. The normalized spacial score (nSPS) is 15.9. The third kappa shape index (κ3) is 3.84. The van der Waals surface area contributed by atoms with Gasteiger partial charge in [0, 0.05) is 12.6 Å². The lowest BCUT2D eigenvalue weighted by Crippen LogP contribution is -2.16. The van der Waals surface area contributed by atoms with E-state index in [1.165, 1.54) is 25.7 Å². The summed E-state index contributed by atoms with van der Waals surface area (Å²) in [5.41, 5.74) is 0. The summed E-state index contributed by atoms with van der Waals surface area (Å²) < 4.78 is 10.9. The number of hydrogen-bond acceptors (Lipinski definition) is 5. The maximum atomic E-state index is 5.77. The Morgan fingerprint density at radius 3 is 2.83 bits per heavy atom. The van der Waals surface area contributed by atoms with Crippen molar-refractivity contribution >= 4 is 5.82 Å². The van der Waals surface area contributed by atoms with E-state index in [0.717, 1.165) is 19.0 Å². The minimum atomic E-state index is 0.466. The molecule has 1 aromatic rings. The molecule has 5 nitrogen and oxygen atoms in total. The Morgan fingerprint density at radius 1 is 1.33 bits per heavy atom. The zero-order valence-electron chi connectivity index (χ0n) is 11.1. The number of anilines is 1. The van der Waals surface area contributed by atoms with Gasteiger partial charge in [-0.05, 0) is 19.8 Å². The second kappa shape index (κ2) is 6.54. The van der Waals surface area contributed by atoms with Gasteiger partial charge >= 0.3 is 0 Å². The second-order valence-electron chi connectivity index (χ2n) is 4.55. The van der Waals surface area contributed by atoms with Gasteiger partial charge in [0.05, 0.1) is 19.8 Å². The van der Waals surface area contributed by atoms with Crippen LogP contribution in [0.15, 0.2) is 6.07 Å². The lowest BCUT2D eigenvalue weighted by molar-refractivity contribution is 0.0658. The van der Waals surface area contributed by atoms with Gasteiger partial charge in [-0.15, -0.1) is 0 Å². The van der Waals surface area contributed by atoms with Gasteiger partial charge in [0.25, 0.3) is 0 Å². The van der Waals surface area contributed by atoms with Crippen LogP contribution in [0.4, 0.5) is 5.82 Å². The molecule has 1 aromatic heterocycles. The van der Waals surface area contributed by atoms with Gasteiger partial charge in [-0.25, -0.2) is 4.98 Å². The van der Waals surface area contributed by atoms with Gasteiger partial charge in [0.15, 0.2) is 0 Å². The summed E-state index contributed by atoms with van der Waals surface area (Å²) in [6.07, 6.45) is 5.50. The largest absolute Gasteiger partial charge is 0.481 e. The third-order valence-electron chi connectivity index (χ3n) is 3.09. The van der Waals surface area contributed by atoms with E-state index in [2.05, 4.69) is 15.3 Å². The zero-order chi connectivity index (χ0) is 12.8. The van der Waals surface area contributed by atoms with Crippen molar-refractivity contribution in [2.45, 2.75) is 38.7 Å². The molecule has 0 saturated heterocycles. The van der Waals surface area contributed by atoms with Crippen LogP contribution in [0.3, 0.4) is 0 Å². The summed E-state index contributed by atoms with van der Waals surface area (Å²) in [5, 5.41) is 3.23. The molecule has 0 aliphatic heterocycles. The molecule has 1 aliphatic rings. The van der Waals surface area contributed by atoms with E-state index >= 15 is 0 Å². The van der Waals surface area contributed by atoms with Crippen molar-refractivity contribution in [3.05, 3.63) is 11.9 Å². The molecular weight excluding hydrogens is 230 g/mol. The van der Waals surface area contributed by atoms with Gasteiger partial charge < -0.3 is 14.8 Å². The molecule has 1 heterocycles. The number of aromatic nitrogens is 2. The zero-order valence-corrected chi connectivity index (χ0v) is 11.1. The molecule has 100 valence electrons. The van der Waals surface area contributed by atoms with E-state index in [-0.39, 0.29) is 0 Å². The van der Waals surface area contributed by atoms with Gasteiger partial charge in [-0.3, -0.25) is 0 Å². The Kier molecular flexibility index (Phi) is 4.75. The first-order valence-electron chi connectivity index (χ1n) is 6.53. The maximum Gasteiger partial charge on any atom is 0.218 e. The average Bonchev–Trinajstić information content (AvgIpc) is 2.87. The topological polar surface area (TPSA) is 56.3 Å². The average molecular weight is 251 g/mol. The lowest BCUT2D eigenvalue weighted by atomic mass is 10.3. The first-order chi connectivity index (χ1) is 8.78. The van der Waals surface area contributed by atoms with E-state index in [4.69, 9.17) is 9.47 Å². The molecule has 0 unspecified atom stereocenters. The van der Waals surface area contributed by atoms with Crippen LogP contribution in [0.5, 0.6) is 5.88 Å². The fraction of sp³-hybridized carbons (Fsp3) is 0.692. The van der Waals surface area contributed by atoms with Crippen molar-refractivity contribution < 1.29 is 9.47 Å². The fourth-order valence-corrected chi connectivity index (χ4v) is 2.20. The molecule has 0 spiro atoms. The first-order valence-corrected chi connectivity index (χ1v) is 6.53. The molecule has 0 atom stereocenters. The second-order valence-corrected chi connectivity index (χ2v) is 4.55. The fourth-order valence-electron chi connectivity index (χ4n) is 2.20. The molecule has 0 bridgehead atoms.